The van der Waals surface area contributed by atoms with Crippen molar-refractivity contribution >= 4 is 11.5 Å². The largest absolute Gasteiger partial charge is 0.461 e. The Morgan fingerprint density at radius 1 is 1.22 bits per heavy atom. The normalized spacial score (nSPS) is 30.8. The first-order valence-electron chi connectivity index (χ1n) is 16.6. The van der Waals surface area contributed by atoms with E-state index < -0.39 is 11.8 Å². The number of alkyl halides is 1. The minimum absolute atomic E-state index is 0.00196. The van der Waals surface area contributed by atoms with Gasteiger partial charge in [0.25, 0.3) is 0 Å². The summed E-state index contributed by atoms with van der Waals surface area (Å²) in [5.41, 5.74) is 10.1. The summed E-state index contributed by atoms with van der Waals surface area (Å²) in [5.74, 6) is 1.06. The monoisotopic (exact) mass is 628 g/mol. The lowest BCUT2D eigenvalue weighted by Crippen LogP contribution is -2.44. The number of nitrogen functional groups attached to an aromatic ring is 1. The maximum absolute atomic E-state index is 14.6. The van der Waals surface area contributed by atoms with Gasteiger partial charge in [0, 0.05) is 61.7 Å². The molecule has 242 valence electrons. The number of ether oxygens (including phenoxy) is 3. The van der Waals surface area contributed by atoms with Gasteiger partial charge in [-0.3, -0.25) is 9.58 Å². The molecular weight excluding hydrogens is 587 g/mol. The molecule has 46 heavy (non-hydrogen) atoms. The summed E-state index contributed by atoms with van der Waals surface area (Å²) in [6.07, 6.45) is 7.48. The fraction of sp³-hybridized carbons (Fsp3) is 0.588. The fourth-order valence-electron chi connectivity index (χ4n) is 8.64. The Morgan fingerprint density at radius 2 is 2.13 bits per heavy atom. The number of anilines is 2. The number of halogens is 1. The molecule has 3 fully saturated rings. The van der Waals surface area contributed by atoms with Crippen LogP contribution in [-0.4, -0.2) is 82.4 Å². The summed E-state index contributed by atoms with van der Waals surface area (Å²) in [4.78, 5) is 14.6. The van der Waals surface area contributed by atoms with Crippen molar-refractivity contribution in [1.82, 2.24) is 24.6 Å². The number of benzene rings is 1. The Kier molecular flexibility index (Phi) is 7.38. The van der Waals surface area contributed by atoms with Crippen molar-refractivity contribution in [3.63, 3.8) is 0 Å². The van der Waals surface area contributed by atoms with Crippen LogP contribution in [0.2, 0.25) is 0 Å². The molecule has 6 heterocycles. The number of nitrogens with zero attached hydrogens (tertiary/aromatic N) is 7. The molecule has 0 saturated carbocycles. The van der Waals surface area contributed by atoms with Gasteiger partial charge in [0.1, 0.15) is 30.3 Å². The van der Waals surface area contributed by atoms with E-state index in [1.807, 2.05) is 23.0 Å². The van der Waals surface area contributed by atoms with Crippen molar-refractivity contribution in [3.05, 3.63) is 58.5 Å². The highest BCUT2D eigenvalue weighted by Crippen LogP contribution is 2.51. The van der Waals surface area contributed by atoms with E-state index in [0.29, 0.717) is 76.2 Å². The van der Waals surface area contributed by atoms with Crippen molar-refractivity contribution in [2.75, 3.05) is 56.6 Å². The Bertz CT molecular complexity index is 1660. The molecule has 5 unspecified atom stereocenters. The van der Waals surface area contributed by atoms with E-state index in [1.165, 1.54) is 0 Å². The van der Waals surface area contributed by atoms with E-state index in [4.69, 9.17) is 29.9 Å². The molecule has 0 amide bonds. The van der Waals surface area contributed by atoms with Crippen molar-refractivity contribution < 1.29 is 18.6 Å². The van der Waals surface area contributed by atoms with Crippen LogP contribution in [0.15, 0.2) is 30.6 Å². The quantitative estimate of drug-likeness (QED) is 0.414. The zero-order valence-electron chi connectivity index (χ0n) is 26.3. The Morgan fingerprint density at radius 3 is 2.98 bits per heavy atom. The third-order valence-corrected chi connectivity index (χ3v) is 11.0. The number of rotatable bonds is 5. The van der Waals surface area contributed by atoms with Crippen molar-refractivity contribution in [3.8, 4) is 12.1 Å². The first-order valence-corrected chi connectivity index (χ1v) is 16.6. The second kappa shape index (κ2) is 11.5. The van der Waals surface area contributed by atoms with E-state index in [9.17, 15) is 9.65 Å². The first kappa shape index (κ1) is 29.6. The highest BCUT2D eigenvalue weighted by molar-refractivity contribution is 5.64. The minimum atomic E-state index is -0.840. The van der Waals surface area contributed by atoms with Gasteiger partial charge < -0.3 is 24.8 Å². The molecule has 0 radical (unpaired) electrons. The lowest BCUT2D eigenvalue weighted by molar-refractivity contribution is -0.0873. The average molecular weight is 629 g/mol. The Hall–Kier alpha value is -3.79. The van der Waals surface area contributed by atoms with E-state index in [2.05, 4.69) is 34.0 Å². The van der Waals surface area contributed by atoms with Crippen LogP contribution in [0.1, 0.15) is 78.9 Å². The van der Waals surface area contributed by atoms with E-state index in [0.717, 1.165) is 60.4 Å². The van der Waals surface area contributed by atoms with Crippen LogP contribution < -0.4 is 15.4 Å². The van der Waals surface area contributed by atoms with E-state index >= 15 is 0 Å². The maximum atomic E-state index is 14.6. The topological polar surface area (TPSA) is 128 Å². The zero-order chi connectivity index (χ0) is 31.5. The number of hydrogen-bond donors (Lipinski definition) is 1. The molecule has 0 bridgehead atoms. The molecule has 3 saturated heterocycles. The maximum Gasteiger partial charge on any atom is 0.318 e. The summed E-state index contributed by atoms with van der Waals surface area (Å²) >= 11 is 0. The highest BCUT2D eigenvalue weighted by Gasteiger charge is 2.50. The van der Waals surface area contributed by atoms with Gasteiger partial charge in [0.2, 0.25) is 0 Å². The van der Waals surface area contributed by atoms with Crippen molar-refractivity contribution in [2.45, 2.75) is 81.3 Å². The van der Waals surface area contributed by atoms with Gasteiger partial charge in [0.15, 0.2) is 0 Å². The summed E-state index contributed by atoms with van der Waals surface area (Å²) in [6.45, 7) is 6.57. The van der Waals surface area contributed by atoms with E-state index in [1.54, 1.807) is 6.20 Å². The second-order valence-electron chi connectivity index (χ2n) is 13.8. The SMILES string of the molecule is CC1CCC2(Cc3nc(OCC45CCCN4CC(F)C5)nc(N4CCOCC(n5cccn5)C4)c3CO2)c2c1ccc(N)c2C#N. The molecule has 8 rings (SSSR count). The lowest BCUT2D eigenvalue weighted by atomic mass is 9.69. The first-order chi connectivity index (χ1) is 22.4. The molecule has 11 nitrogen and oxygen atoms in total. The summed E-state index contributed by atoms with van der Waals surface area (Å²) < 4.78 is 35.9. The van der Waals surface area contributed by atoms with Crippen LogP contribution in [0.25, 0.3) is 0 Å². The van der Waals surface area contributed by atoms with E-state index in [-0.39, 0.29) is 17.5 Å². The van der Waals surface area contributed by atoms with Crippen LogP contribution in [0.5, 0.6) is 6.01 Å². The van der Waals surface area contributed by atoms with Gasteiger partial charge in [-0.2, -0.15) is 20.3 Å². The molecule has 2 N–H and O–H groups in total. The van der Waals surface area contributed by atoms with Crippen LogP contribution in [0.3, 0.4) is 0 Å². The molecule has 4 aliphatic heterocycles. The summed E-state index contributed by atoms with van der Waals surface area (Å²) in [6, 6.07) is 8.49. The van der Waals surface area contributed by atoms with Gasteiger partial charge in [-0.15, -0.1) is 0 Å². The highest BCUT2D eigenvalue weighted by atomic mass is 19.1. The van der Waals surface area contributed by atoms with Crippen LogP contribution in [0.4, 0.5) is 15.9 Å². The van der Waals surface area contributed by atoms with Gasteiger partial charge in [-0.1, -0.05) is 13.0 Å². The van der Waals surface area contributed by atoms with Crippen LogP contribution >= 0.6 is 0 Å². The standard InChI is InChI=1S/C34H41FN8O3/c1-22-6-8-34(30-25(22)4-5-28(37)26(30)16-36)15-29-27(20-46-34)31(41-12-13-44-19-24(18-41)43-11-3-9-38-43)40-32(39-29)45-21-33-7-2-10-42(33)17-23(35)14-33/h3-5,9,11,22-24H,2,6-8,10,12-15,17-21,37H2,1H3. The molecule has 3 aromatic rings. The average Bonchev–Trinajstić information content (AvgIpc) is 3.74. The predicted molar refractivity (Wildman–Crippen MR) is 168 cm³/mol. The molecule has 5 atom stereocenters. The summed E-state index contributed by atoms with van der Waals surface area (Å²) in [5, 5.41) is 14.7. The predicted octanol–water partition coefficient (Wildman–Crippen LogP) is 4.03. The Labute approximate surface area is 268 Å². The molecule has 1 spiro atoms. The molecule has 2 aromatic heterocycles. The van der Waals surface area contributed by atoms with Crippen molar-refractivity contribution in [2.24, 2.45) is 0 Å². The smallest absolute Gasteiger partial charge is 0.318 e. The third kappa shape index (κ3) is 4.91. The summed E-state index contributed by atoms with van der Waals surface area (Å²) in [7, 11) is 0. The zero-order valence-corrected chi connectivity index (χ0v) is 26.3. The molecular formula is C34H41FN8O3. The van der Waals surface area contributed by atoms with Gasteiger partial charge in [-0.05, 0) is 55.8 Å². The van der Waals surface area contributed by atoms with Gasteiger partial charge >= 0.3 is 6.01 Å². The number of hydrogen-bond acceptors (Lipinski definition) is 10. The Balaban J connectivity index is 1.19. The molecule has 1 aliphatic carbocycles. The fourth-order valence-corrected chi connectivity index (χ4v) is 8.64. The van der Waals surface area contributed by atoms with Gasteiger partial charge in [-0.25, -0.2) is 4.39 Å². The number of nitrogens with two attached hydrogens (primary N) is 1. The molecule has 5 aliphatic rings. The number of nitriles is 1. The number of fused-ring (bicyclic) bond motifs is 4. The van der Waals surface area contributed by atoms with Crippen molar-refractivity contribution in [1.29, 1.82) is 5.26 Å². The van der Waals surface area contributed by atoms with Crippen LogP contribution in [0, 0.1) is 11.3 Å². The lowest BCUT2D eigenvalue weighted by Gasteiger charge is -2.45. The minimum Gasteiger partial charge on any atom is -0.461 e. The third-order valence-electron chi connectivity index (χ3n) is 11.0. The second-order valence-corrected chi connectivity index (χ2v) is 13.8. The number of aromatic nitrogens is 4. The molecule has 12 heteroatoms. The van der Waals surface area contributed by atoms with Crippen LogP contribution in [-0.2, 0) is 28.1 Å². The molecule has 1 aromatic carbocycles. The van der Waals surface area contributed by atoms with Gasteiger partial charge in [0.05, 0.1) is 42.7 Å².